The smallest absolute Gasteiger partial charge is 0.227 e. The number of aromatic nitrogens is 2. The number of benzene rings is 2. The molecule has 0 amide bonds. The Bertz CT molecular complexity index is 1480. The van der Waals surface area contributed by atoms with Crippen molar-refractivity contribution in [2.24, 2.45) is 7.05 Å². The molecular formula is C25H18F3N2O+. The van der Waals surface area contributed by atoms with Crippen LogP contribution in [-0.4, -0.2) is 4.98 Å². The van der Waals surface area contributed by atoms with Gasteiger partial charge in [0.05, 0.1) is 5.56 Å². The molecule has 5 rings (SSSR count). The molecule has 5 aromatic rings. The second kappa shape index (κ2) is 6.94. The van der Waals surface area contributed by atoms with E-state index >= 15 is 0 Å². The fourth-order valence-electron chi connectivity index (χ4n) is 3.95. The molecule has 2 aromatic carbocycles. The van der Waals surface area contributed by atoms with Crippen LogP contribution in [0.5, 0.6) is 0 Å². The van der Waals surface area contributed by atoms with E-state index in [0.29, 0.717) is 16.9 Å². The molecule has 0 saturated carbocycles. The summed E-state index contributed by atoms with van der Waals surface area (Å²) in [6, 6.07) is 13.5. The number of fused-ring (bicyclic) bond motifs is 3. The summed E-state index contributed by atoms with van der Waals surface area (Å²) < 4.78 is 49.1. The largest absolute Gasteiger partial charge is 0.437 e. The summed E-state index contributed by atoms with van der Waals surface area (Å²) in [5.74, 6) is -3.92. The molecule has 0 radical (unpaired) electrons. The minimum Gasteiger partial charge on any atom is -0.437 e. The highest BCUT2D eigenvalue weighted by Crippen LogP contribution is 2.37. The van der Waals surface area contributed by atoms with E-state index in [4.69, 9.17) is 4.42 Å². The summed E-state index contributed by atoms with van der Waals surface area (Å²) in [5.41, 5.74) is 5.56. The molecule has 0 aliphatic carbocycles. The van der Waals surface area contributed by atoms with Crippen LogP contribution in [0.25, 0.3) is 44.5 Å². The lowest BCUT2D eigenvalue weighted by Gasteiger charge is -2.08. The Morgan fingerprint density at radius 2 is 1.55 bits per heavy atom. The zero-order valence-electron chi connectivity index (χ0n) is 17.1. The van der Waals surface area contributed by atoms with Crippen LogP contribution in [0.15, 0.2) is 59.1 Å². The van der Waals surface area contributed by atoms with Gasteiger partial charge >= 0.3 is 0 Å². The standard InChI is InChI=1S/C25H18F3N2O/c1-13-4-6-17-18-7-5-14(2)29-25(18)31-24(17)22(13)21-12-15(8-9-30(21)3)16-10-19(26)23(28)20(27)11-16/h4-12H,1-3H3/q+1. The second-order valence-corrected chi connectivity index (χ2v) is 7.71. The zero-order valence-corrected chi connectivity index (χ0v) is 17.1. The van der Waals surface area contributed by atoms with Gasteiger partial charge in [0, 0.05) is 28.6 Å². The highest BCUT2D eigenvalue weighted by molar-refractivity contribution is 6.08. The van der Waals surface area contributed by atoms with Crippen molar-refractivity contribution < 1.29 is 22.2 Å². The maximum atomic E-state index is 13.8. The third kappa shape index (κ3) is 3.06. The molecule has 3 aromatic heterocycles. The maximum Gasteiger partial charge on any atom is 0.227 e. The van der Waals surface area contributed by atoms with Crippen LogP contribution in [0.2, 0.25) is 0 Å². The maximum absolute atomic E-state index is 13.8. The predicted octanol–water partition coefficient (Wildman–Crippen LogP) is 6.17. The van der Waals surface area contributed by atoms with Crippen LogP contribution in [0.3, 0.4) is 0 Å². The van der Waals surface area contributed by atoms with Gasteiger partial charge in [-0.2, -0.15) is 0 Å². The Kier molecular flexibility index (Phi) is 4.32. The summed E-state index contributed by atoms with van der Waals surface area (Å²) in [7, 11) is 1.88. The number of hydrogen-bond acceptors (Lipinski definition) is 2. The van der Waals surface area contributed by atoms with Crippen molar-refractivity contribution in [1.29, 1.82) is 0 Å². The van der Waals surface area contributed by atoms with Crippen LogP contribution in [0, 0.1) is 31.3 Å². The molecule has 0 bridgehead atoms. The molecule has 0 spiro atoms. The lowest BCUT2D eigenvalue weighted by Crippen LogP contribution is -2.30. The van der Waals surface area contributed by atoms with Crippen molar-refractivity contribution >= 4 is 22.1 Å². The number of rotatable bonds is 2. The van der Waals surface area contributed by atoms with E-state index in [1.54, 1.807) is 12.3 Å². The first-order valence-electron chi connectivity index (χ1n) is 9.78. The van der Waals surface area contributed by atoms with Crippen LogP contribution in [0.4, 0.5) is 13.2 Å². The van der Waals surface area contributed by atoms with E-state index in [1.165, 1.54) is 0 Å². The van der Waals surface area contributed by atoms with Crippen LogP contribution in [-0.2, 0) is 7.05 Å². The average Bonchev–Trinajstić information content (AvgIpc) is 3.09. The number of pyridine rings is 2. The summed E-state index contributed by atoms with van der Waals surface area (Å²) in [4.78, 5) is 4.50. The van der Waals surface area contributed by atoms with Gasteiger partial charge in [-0.1, -0.05) is 12.1 Å². The Hall–Kier alpha value is -3.67. The Labute approximate surface area is 176 Å². The van der Waals surface area contributed by atoms with Crippen molar-refractivity contribution in [1.82, 2.24) is 4.98 Å². The quantitative estimate of drug-likeness (QED) is 0.253. The van der Waals surface area contributed by atoms with Crippen molar-refractivity contribution in [3.05, 3.63) is 83.4 Å². The van der Waals surface area contributed by atoms with Crippen molar-refractivity contribution in [3.8, 4) is 22.4 Å². The fourth-order valence-corrected chi connectivity index (χ4v) is 3.95. The molecule has 0 aliphatic heterocycles. The normalized spacial score (nSPS) is 11.5. The molecule has 0 fully saturated rings. The second-order valence-electron chi connectivity index (χ2n) is 7.71. The van der Waals surface area contributed by atoms with Crippen LogP contribution < -0.4 is 4.57 Å². The van der Waals surface area contributed by atoms with E-state index in [9.17, 15) is 13.2 Å². The summed E-state index contributed by atoms with van der Waals surface area (Å²) in [6.07, 6.45) is 1.80. The molecular weight excluding hydrogens is 401 g/mol. The lowest BCUT2D eigenvalue weighted by atomic mass is 9.98. The minimum atomic E-state index is -1.48. The molecule has 0 saturated heterocycles. The van der Waals surface area contributed by atoms with Crippen LogP contribution >= 0.6 is 0 Å². The van der Waals surface area contributed by atoms with E-state index in [1.807, 2.05) is 55.8 Å². The van der Waals surface area contributed by atoms with Gasteiger partial charge in [0.25, 0.3) is 0 Å². The minimum absolute atomic E-state index is 0.255. The van der Waals surface area contributed by atoms with Gasteiger partial charge in [0.2, 0.25) is 11.4 Å². The first kappa shape index (κ1) is 19.3. The third-order valence-corrected chi connectivity index (χ3v) is 5.58. The highest BCUT2D eigenvalue weighted by Gasteiger charge is 2.22. The SMILES string of the molecule is Cc1ccc2c(n1)oc1c(-c3cc(-c4cc(F)c(F)c(F)c4)cc[n+]3C)c(C)ccc12. The number of furan rings is 1. The predicted molar refractivity (Wildman–Crippen MR) is 113 cm³/mol. The van der Waals surface area contributed by atoms with Gasteiger partial charge in [-0.3, -0.25) is 0 Å². The molecule has 3 nitrogen and oxygen atoms in total. The van der Waals surface area contributed by atoms with E-state index in [-0.39, 0.29) is 5.56 Å². The summed E-state index contributed by atoms with van der Waals surface area (Å²) >= 11 is 0. The molecule has 6 heteroatoms. The van der Waals surface area contributed by atoms with Gasteiger partial charge in [-0.15, -0.1) is 0 Å². The van der Waals surface area contributed by atoms with Crippen molar-refractivity contribution in [2.75, 3.05) is 0 Å². The number of halogens is 3. The number of hydrogen-bond donors (Lipinski definition) is 0. The molecule has 0 unspecified atom stereocenters. The molecule has 0 N–H and O–H groups in total. The van der Waals surface area contributed by atoms with Crippen molar-refractivity contribution in [2.45, 2.75) is 13.8 Å². The third-order valence-electron chi connectivity index (χ3n) is 5.58. The first-order valence-corrected chi connectivity index (χ1v) is 9.78. The zero-order chi connectivity index (χ0) is 21.9. The van der Waals surface area contributed by atoms with Gasteiger partial charge < -0.3 is 4.42 Å². The molecule has 154 valence electrons. The summed E-state index contributed by atoms with van der Waals surface area (Å²) in [6.45, 7) is 3.88. The molecule has 31 heavy (non-hydrogen) atoms. The number of aryl methyl sites for hydroxylation is 3. The first-order chi connectivity index (χ1) is 14.8. The highest BCUT2D eigenvalue weighted by atomic mass is 19.2. The van der Waals surface area contributed by atoms with Gasteiger partial charge in [0.15, 0.2) is 29.2 Å². The van der Waals surface area contributed by atoms with E-state index < -0.39 is 17.5 Å². The Morgan fingerprint density at radius 3 is 2.29 bits per heavy atom. The molecule has 0 aliphatic rings. The monoisotopic (exact) mass is 419 g/mol. The van der Waals surface area contributed by atoms with Crippen LogP contribution in [0.1, 0.15) is 11.3 Å². The van der Waals surface area contributed by atoms with Gasteiger partial charge in [-0.05, 0) is 54.8 Å². The summed E-state index contributed by atoms with van der Waals surface area (Å²) in [5, 5.41) is 1.86. The van der Waals surface area contributed by atoms with Crippen molar-refractivity contribution in [3.63, 3.8) is 0 Å². The Morgan fingerprint density at radius 1 is 0.839 bits per heavy atom. The average molecular weight is 419 g/mol. The van der Waals surface area contributed by atoms with Gasteiger partial charge in [0.1, 0.15) is 7.05 Å². The van der Waals surface area contributed by atoms with E-state index in [0.717, 1.165) is 45.4 Å². The number of nitrogens with zero attached hydrogens (tertiary/aromatic N) is 2. The van der Waals surface area contributed by atoms with Gasteiger partial charge in [-0.25, -0.2) is 22.7 Å². The topological polar surface area (TPSA) is 29.9 Å². The molecule has 0 atom stereocenters. The molecule has 3 heterocycles. The van der Waals surface area contributed by atoms with E-state index in [2.05, 4.69) is 4.98 Å². The Balaban J connectivity index is 1.78. The fraction of sp³-hybridized carbons (Fsp3) is 0.120. The lowest BCUT2D eigenvalue weighted by molar-refractivity contribution is -0.660.